The smallest absolute Gasteiger partial charge is 0.129 e. The highest BCUT2D eigenvalue weighted by Gasteiger charge is 2.05. The Balaban J connectivity index is 1.95. The molecular weight excluding hydrogens is 247 g/mol. The largest absolute Gasteiger partial charge is 0.308 e. The molecule has 2 aromatic rings. The third kappa shape index (κ3) is 2.78. The normalized spacial score (nSPS) is 10.6. The van der Waals surface area contributed by atoms with Crippen molar-refractivity contribution in [2.45, 2.75) is 13.1 Å². The monoisotopic (exact) mass is 256 g/mol. The minimum atomic E-state index is -0.274. The van der Waals surface area contributed by atoms with Crippen LogP contribution in [0.2, 0.25) is 5.02 Å². The van der Waals surface area contributed by atoms with Gasteiger partial charge in [0, 0.05) is 34.7 Å². The number of thiazole rings is 1. The Morgan fingerprint density at radius 3 is 2.94 bits per heavy atom. The fourth-order valence-electron chi connectivity index (χ4n) is 1.34. The van der Waals surface area contributed by atoms with Crippen LogP contribution in [0.15, 0.2) is 29.9 Å². The molecule has 0 unspecified atom stereocenters. The number of halogens is 2. The molecule has 2 rings (SSSR count). The van der Waals surface area contributed by atoms with E-state index < -0.39 is 0 Å². The first-order chi connectivity index (χ1) is 7.77. The Bertz CT molecular complexity index is 439. The predicted molar refractivity (Wildman–Crippen MR) is 64.1 cm³/mol. The summed E-state index contributed by atoms with van der Waals surface area (Å²) in [6, 6.07) is 4.70. The summed E-state index contributed by atoms with van der Waals surface area (Å²) in [6.07, 6.45) is 1.79. The van der Waals surface area contributed by atoms with E-state index in [4.69, 9.17) is 11.6 Å². The second-order valence-electron chi connectivity index (χ2n) is 3.27. The van der Waals surface area contributed by atoms with Crippen molar-refractivity contribution >= 4 is 22.9 Å². The van der Waals surface area contributed by atoms with E-state index in [1.165, 1.54) is 6.07 Å². The van der Waals surface area contributed by atoms with Crippen LogP contribution in [0, 0.1) is 5.82 Å². The molecular formula is C11H10ClFN2S. The third-order valence-corrected chi connectivity index (χ3v) is 3.28. The van der Waals surface area contributed by atoms with Gasteiger partial charge in [0.05, 0.1) is 5.51 Å². The summed E-state index contributed by atoms with van der Waals surface area (Å²) in [6.45, 7) is 1.10. The summed E-state index contributed by atoms with van der Waals surface area (Å²) in [7, 11) is 0. The molecule has 0 radical (unpaired) electrons. The van der Waals surface area contributed by atoms with Crippen LogP contribution in [0.3, 0.4) is 0 Å². The number of aromatic nitrogens is 1. The van der Waals surface area contributed by atoms with E-state index in [0.717, 1.165) is 4.88 Å². The van der Waals surface area contributed by atoms with Gasteiger partial charge in [-0.2, -0.15) is 0 Å². The van der Waals surface area contributed by atoms with Gasteiger partial charge in [0.1, 0.15) is 5.82 Å². The number of nitrogens with one attached hydrogen (secondary N) is 1. The first-order valence-corrected chi connectivity index (χ1v) is 6.04. The summed E-state index contributed by atoms with van der Waals surface area (Å²) in [5.74, 6) is -0.274. The minimum absolute atomic E-state index is 0.274. The highest BCUT2D eigenvalue weighted by molar-refractivity contribution is 7.09. The first kappa shape index (κ1) is 11.5. The predicted octanol–water partition coefficient (Wildman–Crippen LogP) is 3.23. The third-order valence-electron chi connectivity index (χ3n) is 2.15. The maximum atomic E-state index is 13.4. The van der Waals surface area contributed by atoms with Crippen molar-refractivity contribution in [2.75, 3.05) is 0 Å². The number of hydrogen-bond acceptors (Lipinski definition) is 3. The number of nitrogens with zero attached hydrogens (tertiary/aromatic N) is 1. The van der Waals surface area contributed by atoms with Gasteiger partial charge in [-0.25, -0.2) is 4.39 Å². The van der Waals surface area contributed by atoms with Crippen LogP contribution >= 0.6 is 22.9 Å². The van der Waals surface area contributed by atoms with Crippen LogP contribution in [-0.2, 0) is 13.1 Å². The minimum Gasteiger partial charge on any atom is -0.308 e. The van der Waals surface area contributed by atoms with Gasteiger partial charge in [0.25, 0.3) is 0 Å². The summed E-state index contributed by atoms with van der Waals surface area (Å²) in [5, 5.41) is 3.59. The van der Waals surface area contributed by atoms with E-state index in [2.05, 4.69) is 10.3 Å². The molecule has 1 heterocycles. The van der Waals surface area contributed by atoms with Gasteiger partial charge in [0.2, 0.25) is 0 Å². The van der Waals surface area contributed by atoms with E-state index in [1.807, 2.05) is 0 Å². The Hall–Kier alpha value is -0.970. The first-order valence-electron chi connectivity index (χ1n) is 4.78. The molecule has 2 nitrogen and oxygen atoms in total. The molecule has 1 aromatic carbocycles. The summed E-state index contributed by atoms with van der Waals surface area (Å²) in [5.41, 5.74) is 2.28. The number of hydrogen-bond donors (Lipinski definition) is 1. The standard InChI is InChI=1S/C11H10ClFN2S/c12-10-2-1-3-11(13)9(10)6-14-4-8-5-15-7-16-8/h1-3,5,7,14H,4,6H2. The van der Waals surface area contributed by atoms with Crippen molar-refractivity contribution in [2.24, 2.45) is 0 Å². The van der Waals surface area contributed by atoms with Crippen LogP contribution in [-0.4, -0.2) is 4.98 Å². The van der Waals surface area contributed by atoms with Gasteiger partial charge in [-0.1, -0.05) is 17.7 Å². The maximum absolute atomic E-state index is 13.4. The lowest BCUT2D eigenvalue weighted by atomic mass is 10.2. The highest BCUT2D eigenvalue weighted by atomic mass is 35.5. The fourth-order valence-corrected chi connectivity index (χ4v) is 2.14. The molecule has 84 valence electrons. The van der Waals surface area contributed by atoms with Crippen molar-refractivity contribution in [3.05, 3.63) is 51.2 Å². The van der Waals surface area contributed by atoms with Crippen LogP contribution in [0.25, 0.3) is 0 Å². The zero-order valence-corrected chi connectivity index (χ0v) is 9.98. The molecule has 0 saturated heterocycles. The summed E-state index contributed by atoms with van der Waals surface area (Å²) < 4.78 is 13.4. The van der Waals surface area contributed by atoms with E-state index in [-0.39, 0.29) is 5.82 Å². The Labute approximate surface area is 102 Å². The van der Waals surface area contributed by atoms with Crippen molar-refractivity contribution in [1.82, 2.24) is 10.3 Å². The lowest BCUT2D eigenvalue weighted by molar-refractivity contribution is 0.589. The van der Waals surface area contributed by atoms with E-state index in [0.29, 0.717) is 23.7 Å². The van der Waals surface area contributed by atoms with Crippen LogP contribution in [0.5, 0.6) is 0 Å². The van der Waals surface area contributed by atoms with Crippen LogP contribution in [0.1, 0.15) is 10.4 Å². The topological polar surface area (TPSA) is 24.9 Å². The van der Waals surface area contributed by atoms with Gasteiger partial charge >= 0.3 is 0 Å². The molecule has 0 aliphatic heterocycles. The molecule has 0 fully saturated rings. The average Bonchev–Trinajstić information content (AvgIpc) is 2.75. The second kappa shape index (κ2) is 5.39. The Morgan fingerprint density at radius 2 is 2.25 bits per heavy atom. The molecule has 0 amide bonds. The SMILES string of the molecule is Fc1cccc(Cl)c1CNCc1cncs1. The van der Waals surface area contributed by atoms with E-state index in [1.54, 1.807) is 35.2 Å². The molecule has 0 spiro atoms. The van der Waals surface area contributed by atoms with Gasteiger partial charge in [-0.05, 0) is 12.1 Å². The maximum Gasteiger partial charge on any atom is 0.129 e. The lowest BCUT2D eigenvalue weighted by Gasteiger charge is -2.06. The molecule has 0 atom stereocenters. The number of benzene rings is 1. The van der Waals surface area contributed by atoms with Gasteiger partial charge in [-0.3, -0.25) is 4.98 Å². The average molecular weight is 257 g/mol. The van der Waals surface area contributed by atoms with Gasteiger partial charge in [-0.15, -0.1) is 11.3 Å². The molecule has 0 saturated carbocycles. The fraction of sp³-hybridized carbons (Fsp3) is 0.182. The molecule has 16 heavy (non-hydrogen) atoms. The van der Waals surface area contributed by atoms with Crippen LogP contribution in [0.4, 0.5) is 4.39 Å². The Kier molecular flexibility index (Phi) is 3.88. The molecule has 0 aliphatic rings. The highest BCUT2D eigenvalue weighted by Crippen LogP contribution is 2.18. The zero-order chi connectivity index (χ0) is 11.4. The van der Waals surface area contributed by atoms with Crippen molar-refractivity contribution < 1.29 is 4.39 Å². The van der Waals surface area contributed by atoms with Crippen molar-refractivity contribution in [1.29, 1.82) is 0 Å². The quantitative estimate of drug-likeness (QED) is 0.909. The van der Waals surface area contributed by atoms with Gasteiger partial charge < -0.3 is 5.32 Å². The zero-order valence-electron chi connectivity index (χ0n) is 8.41. The van der Waals surface area contributed by atoms with Crippen LogP contribution < -0.4 is 5.32 Å². The molecule has 0 aliphatic carbocycles. The lowest BCUT2D eigenvalue weighted by Crippen LogP contribution is -2.13. The van der Waals surface area contributed by atoms with E-state index >= 15 is 0 Å². The number of rotatable bonds is 4. The van der Waals surface area contributed by atoms with Gasteiger partial charge in [0.15, 0.2) is 0 Å². The molecule has 0 bridgehead atoms. The molecule has 5 heteroatoms. The molecule has 1 aromatic heterocycles. The molecule has 1 N–H and O–H groups in total. The summed E-state index contributed by atoms with van der Waals surface area (Å²) >= 11 is 7.47. The van der Waals surface area contributed by atoms with E-state index in [9.17, 15) is 4.39 Å². The Morgan fingerprint density at radius 1 is 1.38 bits per heavy atom. The summed E-state index contributed by atoms with van der Waals surface area (Å²) in [4.78, 5) is 5.08. The second-order valence-corrected chi connectivity index (χ2v) is 4.65. The van der Waals surface area contributed by atoms with Crippen molar-refractivity contribution in [3.8, 4) is 0 Å². The van der Waals surface area contributed by atoms with Crippen molar-refractivity contribution in [3.63, 3.8) is 0 Å².